The Labute approximate surface area is 121 Å². The molecule has 1 aliphatic rings. The van der Waals surface area contributed by atoms with Gasteiger partial charge >= 0.3 is 0 Å². The minimum Gasteiger partial charge on any atom is -0.409 e. The third-order valence-corrected chi connectivity index (χ3v) is 6.47. The van der Waals surface area contributed by atoms with E-state index in [1.807, 2.05) is 18.7 Å². The SMILES string of the molecule is CC(C)(C(N)=NO)N1CCN(S(=O)(=O)C(C)(C)C)CC1. The Morgan fingerprint density at radius 1 is 1.10 bits per heavy atom. The van der Waals surface area contributed by atoms with Gasteiger partial charge in [0.05, 0.1) is 10.3 Å². The molecule has 0 aromatic carbocycles. The summed E-state index contributed by atoms with van der Waals surface area (Å²) in [6, 6.07) is 0. The maximum absolute atomic E-state index is 12.4. The van der Waals surface area contributed by atoms with Crippen LogP contribution in [0.25, 0.3) is 0 Å². The van der Waals surface area contributed by atoms with Crippen LogP contribution < -0.4 is 5.73 Å². The maximum Gasteiger partial charge on any atom is 0.219 e. The van der Waals surface area contributed by atoms with Crippen LogP contribution in [0.2, 0.25) is 0 Å². The molecule has 0 spiro atoms. The first-order valence-corrected chi connectivity index (χ1v) is 8.11. The predicted molar refractivity (Wildman–Crippen MR) is 79.3 cm³/mol. The number of oxime groups is 1. The number of rotatable bonds is 3. The summed E-state index contributed by atoms with van der Waals surface area (Å²) >= 11 is 0. The highest BCUT2D eigenvalue weighted by molar-refractivity contribution is 7.90. The van der Waals surface area contributed by atoms with E-state index in [-0.39, 0.29) is 5.84 Å². The fraction of sp³-hybridized carbons (Fsp3) is 0.917. The van der Waals surface area contributed by atoms with Crippen LogP contribution in [0.15, 0.2) is 5.16 Å². The van der Waals surface area contributed by atoms with Gasteiger partial charge in [-0.05, 0) is 34.6 Å². The molecule has 0 unspecified atom stereocenters. The molecule has 1 fully saturated rings. The first-order valence-electron chi connectivity index (χ1n) is 6.67. The molecule has 1 aliphatic heterocycles. The summed E-state index contributed by atoms with van der Waals surface area (Å²) in [6.07, 6.45) is 0. The molecule has 7 nitrogen and oxygen atoms in total. The van der Waals surface area contributed by atoms with Gasteiger partial charge in [-0.25, -0.2) is 8.42 Å². The monoisotopic (exact) mass is 306 g/mol. The van der Waals surface area contributed by atoms with E-state index in [0.29, 0.717) is 26.2 Å². The highest BCUT2D eigenvalue weighted by Gasteiger charge is 2.40. The average molecular weight is 306 g/mol. The number of sulfonamides is 1. The van der Waals surface area contributed by atoms with Gasteiger partial charge in [-0.3, -0.25) is 4.90 Å². The summed E-state index contributed by atoms with van der Waals surface area (Å²) in [5, 5.41) is 11.9. The van der Waals surface area contributed by atoms with Crippen molar-refractivity contribution in [3.05, 3.63) is 0 Å². The number of hydrogen-bond acceptors (Lipinski definition) is 5. The van der Waals surface area contributed by atoms with E-state index < -0.39 is 20.3 Å². The number of nitrogens with two attached hydrogens (primary N) is 1. The van der Waals surface area contributed by atoms with Crippen LogP contribution in [0, 0.1) is 0 Å². The Morgan fingerprint density at radius 2 is 1.55 bits per heavy atom. The largest absolute Gasteiger partial charge is 0.409 e. The molecule has 20 heavy (non-hydrogen) atoms. The lowest BCUT2D eigenvalue weighted by atomic mass is 10.0. The molecule has 0 aromatic heterocycles. The van der Waals surface area contributed by atoms with Crippen molar-refractivity contribution in [2.75, 3.05) is 26.2 Å². The summed E-state index contributed by atoms with van der Waals surface area (Å²) < 4.78 is 25.5. The minimum absolute atomic E-state index is 0.129. The molecule has 0 bridgehead atoms. The molecule has 0 aliphatic carbocycles. The Balaban J connectivity index is 2.80. The fourth-order valence-corrected chi connectivity index (χ4v) is 3.58. The maximum atomic E-state index is 12.4. The van der Waals surface area contributed by atoms with Crippen molar-refractivity contribution in [3.63, 3.8) is 0 Å². The van der Waals surface area contributed by atoms with Crippen LogP contribution in [0.1, 0.15) is 34.6 Å². The number of hydrogen-bond donors (Lipinski definition) is 2. The van der Waals surface area contributed by atoms with Crippen molar-refractivity contribution < 1.29 is 13.6 Å². The number of amidine groups is 1. The predicted octanol–water partition coefficient (Wildman–Crippen LogP) is 0.257. The molecule has 118 valence electrons. The highest BCUT2D eigenvalue weighted by Crippen LogP contribution is 2.24. The molecular formula is C12H26N4O3S. The van der Waals surface area contributed by atoms with Crippen molar-refractivity contribution >= 4 is 15.9 Å². The van der Waals surface area contributed by atoms with Gasteiger partial charge in [0, 0.05) is 26.2 Å². The summed E-state index contributed by atoms with van der Waals surface area (Å²) in [4.78, 5) is 2.02. The normalized spacial score (nSPS) is 21.1. The molecule has 0 aromatic rings. The number of nitrogens with zero attached hydrogens (tertiary/aromatic N) is 3. The van der Waals surface area contributed by atoms with Crippen LogP contribution in [0.4, 0.5) is 0 Å². The standard InChI is InChI=1S/C12H26N4O3S/c1-11(2,3)20(18,19)16-8-6-15(7-9-16)12(4,5)10(13)14-17/h17H,6-9H2,1-5H3,(H2,13,14). The van der Waals surface area contributed by atoms with Crippen LogP contribution in [0.5, 0.6) is 0 Å². The zero-order valence-corrected chi connectivity index (χ0v) is 13.7. The molecule has 0 radical (unpaired) electrons. The topological polar surface area (TPSA) is 99.2 Å². The summed E-state index contributed by atoms with van der Waals surface area (Å²) in [5.74, 6) is 0.129. The average Bonchev–Trinajstić information content (AvgIpc) is 2.36. The Morgan fingerprint density at radius 3 is 1.90 bits per heavy atom. The fourth-order valence-electron chi connectivity index (χ4n) is 2.16. The molecule has 0 amide bonds. The smallest absolute Gasteiger partial charge is 0.219 e. The molecule has 0 atom stereocenters. The minimum atomic E-state index is -3.30. The van der Waals surface area contributed by atoms with Crippen LogP contribution in [0.3, 0.4) is 0 Å². The zero-order chi connectivity index (χ0) is 15.8. The summed E-state index contributed by atoms with van der Waals surface area (Å²) in [7, 11) is -3.30. The molecule has 1 heterocycles. The summed E-state index contributed by atoms with van der Waals surface area (Å²) in [6.45, 7) is 10.8. The van der Waals surface area contributed by atoms with Crippen molar-refractivity contribution in [2.24, 2.45) is 10.9 Å². The van der Waals surface area contributed by atoms with Gasteiger partial charge < -0.3 is 10.9 Å². The van der Waals surface area contributed by atoms with Crippen molar-refractivity contribution in [3.8, 4) is 0 Å². The van der Waals surface area contributed by atoms with Gasteiger partial charge in [0.2, 0.25) is 10.0 Å². The molecule has 3 N–H and O–H groups in total. The quantitative estimate of drug-likeness (QED) is 0.337. The van der Waals surface area contributed by atoms with Crippen molar-refractivity contribution in [2.45, 2.75) is 44.9 Å². The highest BCUT2D eigenvalue weighted by atomic mass is 32.2. The van der Waals surface area contributed by atoms with Gasteiger partial charge in [0.25, 0.3) is 0 Å². The third-order valence-electron chi connectivity index (χ3n) is 3.88. The molecule has 8 heteroatoms. The van der Waals surface area contributed by atoms with E-state index in [1.54, 1.807) is 20.8 Å². The van der Waals surface area contributed by atoms with Crippen LogP contribution in [-0.4, -0.2) is 65.1 Å². The van der Waals surface area contributed by atoms with Crippen LogP contribution in [-0.2, 0) is 10.0 Å². The molecule has 1 rings (SSSR count). The van der Waals surface area contributed by atoms with Gasteiger partial charge in [-0.15, -0.1) is 0 Å². The van der Waals surface area contributed by atoms with E-state index in [2.05, 4.69) is 5.16 Å². The molecular weight excluding hydrogens is 280 g/mol. The zero-order valence-electron chi connectivity index (χ0n) is 12.9. The lowest BCUT2D eigenvalue weighted by Crippen LogP contribution is -2.61. The molecule has 1 saturated heterocycles. The second kappa shape index (κ2) is 5.50. The van der Waals surface area contributed by atoms with Gasteiger partial charge in [0.1, 0.15) is 0 Å². The van der Waals surface area contributed by atoms with Gasteiger partial charge in [-0.1, -0.05) is 5.16 Å². The molecule has 0 saturated carbocycles. The van der Waals surface area contributed by atoms with Crippen molar-refractivity contribution in [1.82, 2.24) is 9.21 Å². The second-order valence-corrected chi connectivity index (χ2v) is 9.24. The van der Waals surface area contributed by atoms with Gasteiger partial charge in [-0.2, -0.15) is 4.31 Å². The first-order chi connectivity index (χ1) is 8.94. The van der Waals surface area contributed by atoms with Crippen molar-refractivity contribution in [1.29, 1.82) is 0 Å². The van der Waals surface area contributed by atoms with E-state index in [4.69, 9.17) is 10.9 Å². The van der Waals surface area contributed by atoms with Gasteiger partial charge in [0.15, 0.2) is 5.84 Å². The lowest BCUT2D eigenvalue weighted by molar-refractivity contribution is 0.118. The third kappa shape index (κ3) is 3.07. The summed E-state index contributed by atoms with van der Waals surface area (Å²) in [5.41, 5.74) is 5.11. The Bertz CT molecular complexity index is 471. The first kappa shape index (κ1) is 17.2. The Hall–Kier alpha value is -0.860. The van der Waals surface area contributed by atoms with E-state index in [0.717, 1.165) is 0 Å². The lowest BCUT2D eigenvalue weighted by Gasteiger charge is -2.43. The van der Waals surface area contributed by atoms with Crippen LogP contribution >= 0.6 is 0 Å². The number of piperazine rings is 1. The van der Waals surface area contributed by atoms with E-state index >= 15 is 0 Å². The van der Waals surface area contributed by atoms with E-state index in [9.17, 15) is 8.42 Å². The Kier molecular flexibility index (Phi) is 4.72. The second-order valence-electron chi connectivity index (χ2n) is 6.55. The van der Waals surface area contributed by atoms with E-state index in [1.165, 1.54) is 4.31 Å².